The van der Waals surface area contributed by atoms with Crippen LogP contribution in [0.2, 0.25) is 0 Å². The molecule has 5 nitrogen and oxygen atoms in total. The van der Waals surface area contributed by atoms with Crippen molar-refractivity contribution >= 4 is 6.03 Å². The number of nitrogens with zero attached hydrogens (tertiary/aromatic N) is 2. The summed E-state index contributed by atoms with van der Waals surface area (Å²) in [5.74, 6) is 0.582. The molecule has 2 atom stereocenters. The zero-order valence-corrected chi connectivity index (χ0v) is 12.2. The van der Waals surface area contributed by atoms with Gasteiger partial charge in [0.05, 0.1) is 13.2 Å². The zero-order chi connectivity index (χ0) is 13.7. The largest absolute Gasteiger partial charge is 0.378 e. The van der Waals surface area contributed by atoms with Crippen LogP contribution in [0.4, 0.5) is 4.79 Å². The van der Waals surface area contributed by atoms with Crippen LogP contribution in [-0.4, -0.2) is 67.8 Å². The van der Waals surface area contributed by atoms with E-state index in [1.54, 1.807) is 0 Å². The Kier molecular flexibility index (Phi) is 5.45. The van der Waals surface area contributed by atoms with E-state index in [2.05, 4.69) is 19.2 Å². The van der Waals surface area contributed by atoms with Crippen molar-refractivity contribution in [3.63, 3.8) is 0 Å². The minimum Gasteiger partial charge on any atom is -0.378 e. The van der Waals surface area contributed by atoms with E-state index in [0.717, 1.165) is 45.6 Å². The van der Waals surface area contributed by atoms with Crippen molar-refractivity contribution in [2.75, 3.05) is 45.9 Å². The van der Waals surface area contributed by atoms with Crippen LogP contribution in [0.3, 0.4) is 0 Å². The number of urea groups is 1. The quantitative estimate of drug-likeness (QED) is 0.836. The minimum absolute atomic E-state index is 0.205. The first kappa shape index (κ1) is 14.6. The number of amides is 2. The highest BCUT2D eigenvalue weighted by Gasteiger charge is 2.32. The maximum Gasteiger partial charge on any atom is 0.320 e. The summed E-state index contributed by atoms with van der Waals surface area (Å²) in [5.41, 5.74) is 0. The molecule has 2 aliphatic heterocycles. The van der Waals surface area contributed by atoms with Gasteiger partial charge < -0.3 is 19.9 Å². The zero-order valence-electron chi connectivity index (χ0n) is 12.2. The maximum atomic E-state index is 12.5. The summed E-state index contributed by atoms with van der Waals surface area (Å²) in [5, 5.41) is 3.55. The predicted octanol–water partition coefficient (Wildman–Crippen LogP) is 1.15. The van der Waals surface area contributed by atoms with Gasteiger partial charge in [0.15, 0.2) is 0 Å². The van der Waals surface area contributed by atoms with Crippen molar-refractivity contribution in [1.29, 1.82) is 0 Å². The lowest BCUT2D eigenvalue weighted by Crippen LogP contribution is -2.55. The van der Waals surface area contributed by atoms with Gasteiger partial charge in [-0.25, -0.2) is 4.79 Å². The summed E-state index contributed by atoms with van der Waals surface area (Å²) in [6.07, 6.45) is 2.20. The molecule has 2 heterocycles. The molecule has 0 spiro atoms. The molecule has 2 aliphatic rings. The van der Waals surface area contributed by atoms with Gasteiger partial charge in [-0.3, -0.25) is 0 Å². The molecular weight excluding hydrogens is 242 g/mol. The molecule has 0 saturated carbocycles. The molecule has 0 radical (unpaired) electrons. The molecular formula is C14H27N3O2. The van der Waals surface area contributed by atoms with Crippen molar-refractivity contribution in [1.82, 2.24) is 15.1 Å². The predicted molar refractivity (Wildman–Crippen MR) is 75.2 cm³/mol. The Morgan fingerprint density at radius 1 is 1.21 bits per heavy atom. The highest BCUT2D eigenvalue weighted by molar-refractivity contribution is 5.74. The molecule has 0 aliphatic carbocycles. The number of hydrogen-bond donors (Lipinski definition) is 1. The first-order chi connectivity index (χ1) is 9.26. The number of likely N-dealkylation sites (tertiary alicyclic amines) is 1. The summed E-state index contributed by atoms with van der Waals surface area (Å²) in [6, 6.07) is 0.778. The minimum atomic E-state index is 0.205. The van der Waals surface area contributed by atoms with Gasteiger partial charge >= 0.3 is 6.03 Å². The third-order valence-corrected chi connectivity index (χ3v) is 4.28. The first-order valence-electron chi connectivity index (χ1n) is 7.61. The molecule has 2 fully saturated rings. The lowest BCUT2D eigenvalue weighted by Gasteiger charge is -2.41. The van der Waals surface area contributed by atoms with Gasteiger partial charge in [-0.05, 0) is 18.9 Å². The van der Waals surface area contributed by atoms with E-state index in [1.807, 2.05) is 9.80 Å². The normalized spacial score (nSPS) is 28.5. The van der Waals surface area contributed by atoms with E-state index in [9.17, 15) is 4.79 Å². The van der Waals surface area contributed by atoms with Crippen molar-refractivity contribution in [3.05, 3.63) is 0 Å². The monoisotopic (exact) mass is 269 g/mol. The number of morpholine rings is 1. The van der Waals surface area contributed by atoms with Crippen LogP contribution >= 0.6 is 0 Å². The summed E-state index contributed by atoms with van der Waals surface area (Å²) >= 11 is 0. The Morgan fingerprint density at radius 2 is 1.95 bits per heavy atom. The van der Waals surface area contributed by atoms with Crippen molar-refractivity contribution in [2.24, 2.45) is 5.92 Å². The average molecular weight is 269 g/mol. The molecule has 1 N–H and O–H groups in total. The molecule has 2 unspecified atom stereocenters. The number of nitrogens with one attached hydrogen (secondary N) is 1. The SMILES string of the molecule is CCNC1CCN(C(=O)N2CCOCC2)CC1CC. The summed E-state index contributed by atoms with van der Waals surface area (Å²) in [4.78, 5) is 16.4. The second kappa shape index (κ2) is 7.10. The lowest BCUT2D eigenvalue weighted by atomic mass is 9.90. The van der Waals surface area contributed by atoms with Crippen LogP contribution < -0.4 is 5.32 Å². The number of rotatable bonds is 3. The molecule has 0 aromatic heterocycles. The van der Waals surface area contributed by atoms with Gasteiger partial charge in [0.25, 0.3) is 0 Å². The molecule has 110 valence electrons. The Morgan fingerprint density at radius 3 is 2.58 bits per heavy atom. The Balaban J connectivity index is 1.89. The number of hydrogen-bond acceptors (Lipinski definition) is 3. The van der Waals surface area contributed by atoms with Gasteiger partial charge in [0.1, 0.15) is 0 Å². The van der Waals surface area contributed by atoms with E-state index in [-0.39, 0.29) is 6.03 Å². The molecule has 2 saturated heterocycles. The number of carbonyl (C=O) groups is 1. The van der Waals surface area contributed by atoms with Crippen LogP contribution in [0.1, 0.15) is 26.7 Å². The molecule has 0 aromatic rings. The maximum absolute atomic E-state index is 12.5. The Labute approximate surface area is 116 Å². The van der Waals surface area contributed by atoms with Crippen LogP contribution in [0, 0.1) is 5.92 Å². The average Bonchev–Trinajstić information content (AvgIpc) is 2.48. The Hall–Kier alpha value is -0.810. The molecule has 5 heteroatoms. The standard InChI is InChI=1S/C14H27N3O2/c1-3-12-11-17(6-5-13(12)15-4-2)14(18)16-7-9-19-10-8-16/h12-13,15H,3-11H2,1-2H3. The second-order valence-electron chi connectivity index (χ2n) is 5.45. The van der Waals surface area contributed by atoms with Crippen LogP contribution in [0.5, 0.6) is 0 Å². The van der Waals surface area contributed by atoms with Gasteiger partial charge in [-0.2, -0.15) is 0 Å². The third kappa shape index (κ3) is 3.60. The summed E-state index contributed by atoms with van der Waals surface area (Å²) in [6.45, 7) is 9.99. The Bertz CT molecular complexity index is 292. The highest BCUT2D eigenvalue weighted by atomic mass is 16.5. The summed E-state index contributed by atoms with van der Waals surface area (Å²) in [7, 11) is 0. The van der Waals surface area contributed by atoms with Crippen LogP contribution in [0.15, 0.2) is 0 Å². The van der Waals surface area contributed by atoms with E-state index < -0.39 is 0 Å². The van der Waals surface area contributed by atoms with E-state index in [1.165, 1.54) is 0 Å². The van der Waals surface area contributed by atoms with E-state index in [4.69, 9.17) is 4.74 Å². The van der Waals surface area contributed by atoms with Crippen molar-refractivity contribution < 1.29 is 9.53 Å². The molecule has 2 amide bonds. The van der Waals surface area contributed by atoms with Gasteiger partial charge in [-0.1, -0.05) is 20.3 Å². The van der Waals surface area contributed by atoms with Crippen molar-refractivity contribution in [3.8, 4) is 0 Å². The fourth-order valence-electron chi connectivity index (χ4n) is 3.11. The van der Waals surface area contributed by atoms with E-state index >= 15 is 0 Å². The molecule has 19 heavy (non-hydrogen) atoms. The summed E-state index contributed by atoms with van der Waals surface area (Å²) < 4.78 is 5.31. The fourth-order valence-corrected chi connectivity index (χ4v) is 3.11. The topological polar surface area (TPSA) is 44.8 Å². The third-order valence-electron chi connectivity index (χ3n) is 4.28. The van der Waals surface area contributed by atoms with Gasteiger partial charge in [0.2, 0.25) is 0 Å². The number of ether oxygens (including phenoxy) is 1. The molecule has 2 rings (SSSR count). The van der Waals surface area contributed by atoms with Gasteiger partial charge in [-0.15, -0.1) is 0 Å². The van der Waals surface area contributed by atoms with Crippen LogP contribution in [-0.2, 0) is 4.74 Å². The first-order valence-corrected chi connectivity index (χ1v) is 7.61. The lowest BCUT2D eigenvalue weighted by molar-refractivity contribution is 0.0370. The van der Waals surface area contributed by atoms with Crippen LogP contribution in [0.25, 0.3) is 0 Å². The van der Waals surface area contributed by atoms with Crippen molar-refractivity contribution in [2.45, 2.75) is 32.7 Å². The number of carbonyl (C=O) groups excluding carboxylic acids is 1. The van der Waals surface area contributed by atoms with E-state index in [0.29, 0.717) is 25.2 Å². The van der Waals surface area contributed by atoms with Gasteiger partial charge in [0, 0.05) is 32.2 Å². The molecule has 0 bridgehead atoms. The second-order valence-corrected chi connectivity index (χ2v) is 5.45. The smallest absolute Gasteiger partial charge is 0.320 e. The fraction of sp³-hybridized carbons (Fsp3) is 0.929. The highest BCUT2D eigenvalue weighted by Crippen LogP contribution is 2.21. The number of piperidine rings is 1. The molecule has 0 aromatic carbocycles.